The predicted octanol–water partition coefficient (Wildman–Crippen LogP) is 3.20. The third-order valence-corrected chi connectivity index (χ3v) is 3.97. The van der Waals surface area contributed by atoms with E-state index in [1.807, 2.05) is 18.2 Å². The second-order valence-corrected chi connectivity index (χ2v) is 5.94. The molecule has 0 aliphatic carbocycles. The Balaban J connectivity index is 1.44. The molecule has 1 heterocycles. The van der Waals surface area contributed by atoms with Gasteiger partial charge in [-0.3, -0.25) is 4.79 Å². The van der Waals surface area contributed by atoms with Gasteiger partial charge >= 0.3 is 0 Å². The lowest BCUT2D eigenvalue weighted by molar-refractivity contribution is -0.116. The fourth-order valence-corrected chi connectivity index (χ4v) is 2.65. The number of rotatable bonds is 7. The van der Waals surface area contributed by atoms with E-state index in [4.69, 9.17) is 25.8 Å². The molecule has 0 saturated carbocycles. The van der Waals surface area contributed by atoms with Gasteiger partial charge < -0.3 is 24.8 Å². The van der Waals surface area contributed by atoms with Crippen LogP contribution >= 0.6 is 11.6 Å². The highest BCUT2D eigenvalue weighted by molar-refractivity contribution is 6.31. The summed E-state index contributed by atoms with van der Waals surface area (Å²) in [4.78, 5) is 12.1. The molecule has 0 aromatic heterocycles. The Morgan fingerprint density at radius 1 is 1.20 bits per heavy atom. The molecule has 6 nitrogen and oxygen atoms in total. The Morgan fingerprint density at radius 3 is 2.88 bits per heavy atom. The van der Waals surface area contributed by atoms with Crippen molar-refractivity contribution in [3.63, 3.8) is 0 Å². The zero-order chi connectivity index (χ0) is 17.6. The summed E-state index contributed by atoms with van der Waals surface area (Å²) in [6.07, 6.45) is 0.334. The monoisotopic (exact) mass is 362 g/mol. The largest absolute Gasteiger partial charge is 0.495 e. The van der Waals surface area contributed by atoms with E-state index in [-0.39, 0.29) is 12.7 Å². The highest BCUT2D eigenvalue weighted by atomic mass is 35.5. The number of amides is 1. The van der Waals surface area contributed by atoms with Gasteiger partial charge in [0.1, 0.15) is 5.75 Å². The number of anilines is 1. The quantitative estimate of drug-likeness (QED) is 0.740. The molecule has 2 N–H and O–H groups in total. The summed E-state index contributed by atoms with van der Waals surface area (Å²) in [5.74, 6) is 1.98. The summed E-state index contributed by atoms with van der Waals surface area (Å²) in [5, 5.41) is 6.58. The van der Waals surface area contributed by atoms with Crippen LogP contribution in [0.1, 0.15) is 12.0 Å². The van der Waals surface area contributed by atoms with Crippen LogP contribution in [-0.4, -0.2) is 26.4 Å². The Bertz CT molecular complexity index is 767. The van der Waals surface area contributed by atoms with Crippen molar-refractivity contribution >= 4 is 23.2 Å². The van der Waals surface area contributed by atoms with E-state index in [9.17, 15) is 4.79 Å². The first-order valence-electron chi connectivity index (χ1n) is 7.88. The molecule has 132 valence electrons. The van der Waals surface area contributed by atoms with Crippen molar-refractivity contribution in [1.29, 1.82) is 0 Å². The fraction of sp³-hybridized carbons (Fsp3) is 0.278. The number of carbonyl (C=O) groups excluding carboxylic acids is 1. The minimum absolute atomic E-state index is 0.112. The molecule has 25 heavy (non-hydrogen) atoms. The predicted molar refractivity (Wildman–Crippen MR) is 95.5 cm³/mol. The van der Waals surface area contributed by atoms with Crippen molar-refractivity contribution in [3.8, 4) is 17.2 Å². The second kappa shape index (κ2) is 8.09. The zero-order valence-electron chi connectivity index (χ0n) is 13.8. The van der Waals surface area contributed by atoms with Gasteiger partial charge in [0.15, 0.2) is 11.5 Å². The Hall–Kier alpha value is -2.44. The number of hydrogen-bond acceptors (Lipinski definition) is 5. The highest BCUT2D eigenvalue weighted by Crippen LogP contribution is 2.32. The van der Waals surface area contributed by atoms with Gasteiger partial charge in [-0.2, -0.15) is 0 Å². The van der Waals surface area contributed by atoms with Crippen LogP contribution in [-0.2, 0) is 11.3 Å². The molecule has 1 aliphatic rings. The van der Waals surface area contributed by atoms with Gasteiger partial charge in [-0.15, -0.1) is 0 Å². The number of hydrogen-bond donors (Lipinski definition) is 2. The van der Waals surface area contributed by atoms with Crippen molar-refractivity contribution in [2.24, 2.45) is 0 Å². The van der Waals surface area contributed by atoms with E-state index in [0.29, 0.717) is 36.0 Å². The molecule has 0 saturated heterocycles. The lowest BCUT2D eigenvalue weighted by atomic mass is 10.2. The van der Waals surface area contributed by atoms with Gasteiger partial charge in [0, 0.05) is 24.5 Å². The van der Waals surface area contributed by atoms with Crippen LogP contribution < -0.4 is 24.8 Å². The molecule has 7 heteroatoms. The first-order valence-corrected chi connectivity index (χ1v) is 8.26. The van der Waals surface area contributed by atoms with Gasteiger partial charge in [0.05, 0.1) is 12.8 Å². The SMILES string of the molecule is COc1ccc(Cl)cc1NC(=O)CCNCc1ccc2c(c1)OCO2. The van der Waals surface area contributed by atoms with Gasteiger partial charge in [0.2, 0.25) is 12.7 Å². The maximum atomic E-state index is 12.1. The van der Waals surface area contributed by atoms with Crippen LogP contribution in [0.15, 0.2) is 36.4 Å². The average molecular weight is 363 g/mol. The molecule has 0 unspecified atom stereocenters. The van der Waals surface area contributed by atoms with E-state index >= 15 is 0 Å². The number of carbonyl (C=O) groups is 1. The number of benzene rings is 2. The number of ether oxygens (including phenoxy) is 3. The summed E-state index contributed by atoms with van der Waals surface area (Å²) in [7, 11) is 1.55. The number of fused-ring (bicyclic) bond motifs is 1. The van der Waals surface area contributed by atoms with Crippen molar-refractivity contribution in [1.82, 2.24) is 5.32 Å². The molecule has 1 amide bonds. The van der Waals surface area contributed by atoms with E-state index in [2.05, 4.69) is 10.6 Å². The minimum atomic E-state index is -0.112. The standard InChI is InChI=1S/C18H19ClN2O4/c1-23-15-5-3-13(19)9-14(15)21-18(22)6-7-20-10-12-2-4-16-17(8-12)25-11-24-16/h2-5,8-9,20H,6-7,10-11H2,1H3,(H,21,22). The van der Waals surface area contributed by atoms with Crippen LogP contribution in [0.3, 0.4) is 0 Å². The highest BCUT2D eigenvalue weighted by Gasteiger charge is 2.13. The molecule has 0 radical (unpaired) electrons. The molecule has 0 atom stereocenters. The first-order chi connectivity index (χ1) is 12.2. The van der Waals surface area contributed by atoms with Gasteiger partial charge in [-0.25, -0.2) is 0 Å². The molecule has 0 bridgehead atoms. The zero-order valence-corrected chi connectivity index (χ0v) is 14.6. The maximum absolute atomic E-state index is 12.1. The maximum Gasteiger partial charge on any atom is 0.231 e. The van der Waals surface area contributed by atoms with Crippen LogP contribution in [0.2, 0.25) is 5.02 Å². The minimum Gasteiger partial charge on any atom is -0.495 e. The van der Waals surface area contributed by atoms with Crippen LogP contribution in [0.5, 0.6) is 17.2 Å². The Labute approximate surface area is 151 Å². The van der Waals surface area contributed by atoms with Crippen molar-refractivity contribution in [2.45, 2.75) is 13.0 Å². The molecule has 2 aromatic rings. The summed E-state index contributed by atoms with van der Waals surface area (Å²) < 4.78 is 15.8. The molecule has 0 fully saturated rings. The topological polar surface area (TPSA) is 68.8 Å². The summed E-state index contributed by atoms with van der Waals surface area (Å²) in [6, 6.07) is 10.9. The van der Waals surface area contributed by atoms with Crippen LogP contribution in [0.25, 0.3) is 0 Å². The van der Waals surface area contributed by atoms with Crippen molar-refractivity contribution in [2.75, 3.05) is 25.8 Å². The van der Waals surface area contributed by atoms with Gasteiger partial charge in [-0.1, -0.05) is 17.7 Å². The smallest absolute Gasteiger partial charge is 0.231 e. The summed E-state index contributed by atoms with van der Waals surface area (Å²) >= 11 is 5.95. The van der Waals surface area contributed by atoms with Crippen LogP contribution in [0.4, 0.5) is 5.69 Å². The summed E-state index contributed by atoms with van der Waals surface area (Å²) in [6.45, 7) is 1.45. The second-order valence-electron chi connectivity index (χ2n) is 5.51. The molecular weight excluding hydrogens is 344 g/mol. The van der Waals surface area contributed by atoms with E-state index in [0.717, 1.165) is 17.1 Å². The lowest BCUT2D eigenvalue weighted by Crippen LogP contribution is -2.21. The number of halogens is 1. The lowest BCUT2D eigenvalue weighted by Gasteiger charge is -2.11. The molecule has 2 aromatic carbocycles. The normalized spacial score (nSPS) is 12.1. The molecular formula is C18H19ClN2O4. The van der Waals surface area contributed by atoms with Crippen molar-refractivity contribution in [3.05, 3.63) is 47.0 Å². The van der Waals surface area contributed by atoms with Crippen LogP contribution in [0, 0.1) is 0 Å². The van der Waals surface area contributed by atoms with E-state index in [1.165, 1.54) is 0 Å². The van der Waals surface area contributed by atoms with E-state index in [1.54, 1.807) is 25.3 Å². The van der Waals surface area contributed by atoms with Gasteiger partial charge in [-0.05, 0) is 35.9 Å². The molecule has 3 rings (SSSR count). The Morgan fingerprint density at radius 2 is 2.04 bits per heavy atom. The number of methoxy groups -OCH3 is 1. The van der Waals surface area contributed by atoms with Crippen molar-refractivity contribution < 1.29 is 19.0 Å². The summed E-state index contributed by atoms with van der Waals surface area (Å²) in [5.41, 5.74) is 1.64. The molecule has 0 spiro atoms. The Kier molecular flexibility index (Phi) is 5.63. The van der Waals surface area contributed by atoms with E-state index < -0.39 is 0 Å². The fourth-order valence-electron chi connectivity index (χ4n) is 2.48. The first kappa shape index (κ1) is 17.4. The van der Waals surface area contributed by atoms with Gasteiger partial charge in [0.25, 0.3) is 0 Å². The molecule has 1 aliphatic heterocycles. The number of nitrogens with one attached hydrogen (secondary N) is 2. The third kappa shape index (κ3) is 4.55. The average Bonchev–Trinajstić information content (AvgIpc) is 3.07. The third-order valence-electron chi connectivity index (χ3n) is 3.73.